The molecule has 0 atom stereocenters. The number of benzene rings is 2. The van der Waals surface area contributed by atoms with Crippen LogP contribution in [0, 0.1) is 17.5 Å². The molecule has 0 spiro atoms. The highest BCUT2D eigenvalue weighted by Gasteiger charge is 2.56. The Kier molecular flexibility index (Phi) is 2.64. The summed E-state index contributed by atoms with van der Waals surface area (Å²) in [6.07, 6.45) is 0. The summed E-state index contributed by atoms with van der Waals surface area (Å²) < 4.78 is 97.4. The smallest absolute Gasteiger partial charge is 0.206 e. The van der Waals surface area contributed by atoms with Crippen LogP contribution < -0.4 is 0 Å². The molecule has 0 saturated heterocycles. The van der Waals surface area contributed by atoms with Gasteiger partial charge in [0.2, 0.25) is 0 Å². The van der Waals surface area contributed by atoms with Crippen molar-refractivity contribution in [2.24, 2.45) is 0 Å². The molecule has 7 heteroatoms. The molecule has 0 aliphatic heterocycles. The highest BCUT2D eigenvalue weighted by atomic mass is 19.3. The van der Waals surface area contributed by atoms with Gasteiger partial charge in [-0.25, -0.2) is 13.2 Å². The molecular weight excluding hydrogens is 301 g/mol. The molecule has 0 unspecified atom stereocenters. The molecule has 2 aromatic carbocycles. The second-order valence-corrected chi connectivity index (χ2v) is 4.60. The van der Waals surface area contributed by atoms with Crippen LogP contribution in [0.2, 0.25) is 0 Å². The van der Waals surface area contributed by atoms with E-state index in [0.29, 0.717) is 12.1 Å². The highest BCUT2D eigenvalue weighted by molar-refractivity contribution is 5.55. The minimum Gasteiger partial charge on any atom is -0.206 e. The van der Waals surface area contributed by atoms with E-state index >= 15 is 0 Å². The molecule has 1 aliphatic carbocycles. The van der Waals surface area contributed by atoms with Gasteiger partial charge in [0, 0.05) is 17.2 Å². The van der Waals surface area contributed by atoms with E-state index in [1.807, 2.05) is 0 Å². The summed E-state index contributed by atoms with van der Waals surface area (Å²) in [4.78, 5) is 0. The largest absolute Gasteiger partial charge is 0.302 e. The van der Waals surface area contributed by atoms with Crippen molar-refractivity contribution < 1.29 is 30.7 Å². The topological polar surface area (TPSA) is 0 Å². The Hall–Kier alpha value is -2.05. The minimum atomic E-state index is -4.26. The summed E-state index contributed by atoms with van der Waals surface area (Å²) in [5, 5.41) is 0. The zero-order chi connectivity index (χ0) is 15.6. The van der Waals surface area contributed by atoms with Crippen molar-refractivity contribution in [1.29, 1.82) is 0 Å². The summed E-state index contributed by atoms with van der Waals surface area (Å²) in [6, 6.07) is 3.35. The highest BCUT2D eigenvalue weighted by Crippen LogP contribution is 2.54. The van der Waals surface area contributed by atoms with E-state index in [1.165, 1.54) is 0 Å². The third-order valence-corrected chi connectivity index (χ3v) is 3.40. The van der Waals surface area contributed by atoms with E-state index < -0.39 is 51.6 Å². The average molecular weight is 306 g/mol. The molecule has 0 N–H and O–H groups in total. The molecule has 0 amide bonds. The first-order chi connectivity index (χ1) is 9.69. The Morgan fingerprint density at radius 2 is 1.14 bits per heavy atom. The van der Waals surface area contributed by atoms with Crippen LogP contribution in [0.25, 0.3) is 0 Å². The number of hydrogen-bond donors (Lipinski definition) is 0. The predicted octanol–water partition coefficient (Wildman–Crippen LogP) is 4.70. The quantitative estimate of drug-likeness (QED) is 0.489. The number of rotatable bonds is 0. The summed E-state index contributed by atoms with van der Waals surface area (Å²) in [7, 11) is 0. The number of hydrogen-bond acceptors (Lipinski definition) is 0. The number of halogens is 7. The summed E-state index contributed by atoms with van der Waals surface area (Å²) >= 11 is 0. The second-order valence-electron chi connectivity index (χ2n) is 4.60. The van der Waals surface area contributed by atoms with E-state index in [-0.39, 0.29) is 6.07 Å². The van der Waals surface area contributed by atoms with E-state index in [0.717, 1.165) is 12.1 Å². The van der Waals surface area contributed by atoms with Crippen LogP contribution in [-0.2, 0) is 11.8 Å². The third kappa shape index (κ3) is 1.63. The Balaban J connectivity index is 2.51. The van der Waals surface area contributed by atoms with Crippen molar-refractivity contribution >= 4 is 0 Å². The summed E-state index contributed by atoms with van der Waals surface area (Å²) in [5.41, 5.74) is -6.09. The zero-order valence-corrected chi connectivity index (χ0v) is 10.0. The maximum absolute atomic E-state index is 14.2. The molecule has 0 saturated carbocycles. The maximum Gasteiger partial charge on any atom is 0.302 e. The fraction of sp³-hybridized carbons (Fsp3) is 0.143. The lowest BCUT2D eigenvalue weighted by molar-refractivity contribution is -0.0177. The molecule has 3 rings (SSSR count). The molecule has 0 heterocycles. The van der Waals surface area contributed by atoms with Gasteiger partial charge < -0.3 is 0 Å². The fourth-order valence-electron chi connectivity index (χ4n) is 2.50. The Morgan fingerprint density at radius 3 is 1.67 bits per heavy atom. The van der Waals surface area contributed by atoms with E-state index in [9.17, 15) is 30.7 Å². The average Bonchev–Trinajstić information content (AvgIpc) is 2.41. The first-order valence-electron chi connectivity index (χ1n) is 5.73. The van der Waals surface area contributed by atoms with Crippen molar-refractivity contribution in [3.63, 3.8) is 0 Å². The number of fused-ring (bicyclic) bond motifs is 2. The van der Waals surface area contributed by atoms with Crippen molar-refractivity contribution in [2.45, 2.75) is 11.8 Å². The number of alkyl halides is 4. The standard InChI is InChI=1S/C14H5F7/c15-8-5-9(16)12(17)11-10(8)13(18,19)6-3-1-2-4-7(6)14(11,20)21/h1-5H. The van der Waals surface area contributed by atoms with Gasteiger partial charge in [-0.1, -0.05) is 24.3 Å². The molecule has 1 aliphatic rings. The first-order valence-corrected chi connectivity index (χ1v) is 5.73. The van der Waals surface area contributed by atoms with Crippen LogP contribution in [0.3, 0.4) is 0 Å². The lowest BCUT2D eigenvalue weighted by Crippen LogP contribution is -2.36. The van der Waals surface area contributed by atoms with Crippen molar-refractivity contribution in [3.8, 4) is 0 Å². The Labute approximate surface area is 113 Å². The molecule has 0 bridgehead atoms. The third-order valence-electron chi connectivity index (χ3n) is 3.40. The van der Waals surface area contributed by atoms with Gasteiger partial charge in [0.1, 0.15) is 5.82 Å². The van der Waals surface area contributed by atoms with Crippen LogP contribution >= 0.6 is 0 Å². The zero-order valence-electron chi connectivity index (χ0n) is 10.0. The van der Waals surface area contributed by atoms with Crippen molar-refractivity contribution in [3.05, 3.63) is 70.0 Å². The van der Waals surface area contributed by atoms with Crippen molar-refractivity contribution in [1.82, 2.24) is 0 Å². The first kappa shape index (κ1) is 13.9. The van der Waals surface area contributed by atoms with Gasteiger partial charge >= 0.3 is 11.8 Å². The summed E-state index contributed by atoms with van der Waals surface area (Å²) in [5.74, 6) is -14.5. The van der Waals surface area contributed by atoms with Crippen LogP contribution in [0.1, 0.15) is 22.3 Å². The van der Waals surface area contributed by atoms with Gasteiger partial charge in [0.15, 0.2) is 11.6 Å². The van der Waals surface area contributed by atoms with Gasteiger partial charge in [-0.15, -0.1) is 0 Å². The minimum absolute atomic E-state index is 0.161. The van der Waals surface area contributed by atoms with Crippen molar-refractivity contribution in [2.75, 3.05) is 0 Å². The second kappa shape index (κ2) is 3.99. The van der Waals surface area contributed by atoms with E-state index in [4.69, 9.17) is 0 Å². The molecule has 0 fully saturated rings. The van der Waals surface area contributed by atoms with E-state index in [2.05, 4.69) is 0 Å². The molecular formula is C14H5F7. The monoisotopic (exact) mass is 306 g/mol. The molecule has 21 heavy (non-hydrogen) atoms. The van der Waals surface area contributed by atoms with Crippen LogP contribution in [0.5, 0.6) is 0 Å². The van der Waals surface area contributed by atoms with Crippen LogP contribution in [0.4, 0.5) is 30.7 Å². The van der Waals surface area contributed by atoms with E-state index in [1.54, 1.807) is 0 Å². The van der Waals surface area contributed by atoms with Gasteiger partial charge in [-0.2, -0.15) is 17.6 Å². The lowest BCUT2D eigenvalue weighted by atomic mass is 9.80. The maximum atomic E-state index is 14.2. The van der Waals surface area contributed by atoms with Gasteiger partial charge in [-0.05, 0) is 0 Å². The normalized spacial score (nSPS) is 18.0. The van der Waals surface area contributed by atoms with Gasteiger partial charge in [0.25, 0.3) is 0 Å². The fourth-order valence-corrected chi connectivity index (χ4v) is 2.50. The van der Waals surface area contributed by atoms with Crippen LogP contribution in [0.15, 0.2) is 30.3 Å². The SMILES string of the molecule is Fc1cc(F)c2c(c1F)C(F)(F)c1ccccc1C2(F)F. The van der Waals surface area contributed by atoms with Gasteiger partial charge in [0.05, 0.1) is 11.1 Å². The van der Waals surface area contributed by atoms with Crippen LogP contribution in [-0.4, -0.2) is 0 Å². The molecule has 2 aromatic rings. The van der Waals surface area contributed by atoms with Gasteiger partial charge in [-0.3, -0.25) is 0 Å². The Bertz CT molecular complexity index is 749. The Morgan fingerprint density at radius 1 is 0.667 bits per heavy atom. The molecule has 0 radical (unpaired) electrons. The molecule has 110 valence electrons. The lowest BCUT2D eigenvalue weighted by Gasteiger charge is -2.33. The summed E-state index contributed by atoms with van der Waals surface area (Å²) in [6.45, 7) is 0. The molecule has 0 aromatic heterocycles. The molecule has 0 nitrogen and oxygen atoms in total. The predicted molar refractivity (Wildman–Crippen MR) is 58.8 cm³/mol.